The van der Waals surface area contributed by atoms with Crippen LogP contribution in [0.4, 0.5) is 0 Å². The molecule has 4 heteroatoms. The predicted octanol–water partition coefficient (Wildman–Crippen LogP) is 2.25. The Morgan fingerprint density at radius 3 is 2.33 bits per heavy atom. The molecule has 1 aliphatic rings. The monoisotopic (exact) mass is 209 g/mol. The van der Waals surface area contributed by atoms with Gasteiger partial charge < -0.3 is 4.48 Å². The highest BCUT2D eigenvalue weighted by atomic mass is 15.3. The molecule has 1 saturated heterocycles. The van der Waals surface area contributed by atoms with Crippen LogP contribution in [0.1, 0.15) is 32.6 Å². The molecule has 0 spiro atoms. The lowest BCUT2D eigenvalue weighted by Crippen LogP contribution is -2.41. The average Bonchev–Trinajstić information content (AvgIpc) is 2.65. The van der Waals surface area contributed by atoms with Crippen molar-refractivity contribution in [1.82, 2.24) is 0 Å². The van der Waals surface area contributed by atoms with Gasteiger partial charge in [-0.1, -0.05) is 13.3 Å². The second kappa shape index (κ2) is 8.16. The number of nitrogens with zero attached hydrogens (tertiary/aromatic N) is 3. The highest BCUT2D eigenvalue weighted by Gasteiger charge is 2.25. The van der Waals surface area contributed by atoms with Crippen LogP contribution in [-0.2, 0) is 0 Å². The van der Waals surface area contributed by atoms with Crippen LogP contribution in [0, 0.1) is 16.9 Å². The molecule has 0 bridgehead atoms. The fourth-order valence-electron chi connectivity index (χ4n) is 1.89. The first-order chi connectivity index (χ1) is 7.18. The fourth-order valence-corrected chi connectivity index (χ4v) is 1.89. The summed E-state index contributed by atoms with van der Waals surface area (Å²) in [5.74, 6) is 0. The third kappa shape index (κ3) is 6.84. The number of unbranched alkanes of at least 4 members (excludes halogenated alkanes) is 1. The van der Waals surface area contributed by atoms with Gasteiger partial charge in [-0.15, -0.1) is 4.99 Å². The fraction of sp³-hybridized carbons (Fsp3) is 0.818. The molecule has 0 aromatic carbocycles. The Labute approximate surface area is 92.3 Å². The predicted molar refractivity (Wildman–Crippen MR) is 60.7 cm³/mol. The van der Waals surface area contributed by atoms with Crippen LogP contribution < -0.4 is 0 Å². The minimum atomic E-state index is 1.34. The summed E-state index contributed by atoms with van der Waals surface area (Å²) in [5, 5.41) is 13.4. The van der Waals surface area contributed by atoms with E-state index < -0.39 is 0 Å². The summed E-state index contributed by atoms with van der Waals surface area (Å²) in [6.07, 6.45) is 7.03. The Hall–Kier alpha value is -1.17. The van der Waals surface area contributed by atoms with Gasteiger partial charge in [0.15, 0.2) is 0 Å². The maximum atomic E-state index is 7.47. The number of hydrogen-bond acceptors (Lipinski definition) is 3. The molecule has 4 nitrogen and oxygen atoms in total. The molecule has 0 radical (unpaired) electrons. The van der Waals surface area contributed by atoms with Crippen LogP contribution in [-0.4, -0.2) is 37.2 Å². The first-order valence-electron chi connectivity index (χ1n) is 5.52. The molecular formula is C11H21N4+. The lowest BCUT2D eigenvalue weighted by Gasteiger charge is -2.28. The highest BCUT2D eigenvalue weighted by molar-refractivity contribution is 5.37. The van der Waals surface area contributed by atoms with Gasteiger partial charge in [0.2, 0.25) is 6.19 Å². The second-order valence-corrected chi connectivity index (χ2v) is 4.17. The van der Waals surface area contributed by atoms with E-state index in [9.17, 15) is 0 Å². The van der Waals surface area contributed by atoms with Crippen molar-refractivity contribution < 1.29 is 4.48 Å². The molecule has 1 rings (SSSR count). The Bertz CT molecular complexity index is 242. The maximum absolute atomic E-state index is 7.47. The van der Waals surface area contributed by atoms with E-state index in [1.807, 2.05) is 0 Å². The molecule has 0 aliphatic carbocycles. The molecule has 84 valence electrons. The van der Waals surface area contributed by atoms with Crippen molar-refractivity contribution >= 4 is 6.01 Å². The molecule has 0 aromatic rings. The molecule has 0 amide bonds. The molecule has 0 saturated carbocycles. The van der Waals surface area contributed by atoms with Crippen LogP contribution in [0.3, 0.4) is 0 Å². The second-order valence-electron chi connectivity index (χ2n) is 4.17. The molecular weight excluding hydrogens is 188 g/mol. The average molecular weight is 209 g/mol. The number of likely N-dealkylation sites (tertiary alicyclic amines) is 1. The zero-order valence-corrected chi connectivity index (χ0v) is 9.79. The zero-order chi connectivity index (χ0) is 11.6. The van der Waals surface area contributed by atoms with E-state index in [4.69, 9.17) is 10.7 Å². The van der Waals surface area contributed by atoms with Gasteiger partial charge in [0.1, 0.15) is 6.01 Å². The quantitative estimate of drug-likeness (QED) is 0.432. The summed E-state index contributed by atoms with van der Waals surface area (Å²) < 4.78 is 1.36. The lowest BCUT2D eigenvalue weighted by atomic mass is 10.3. The van der Waals surface area contributed by atoms with Crippen molar-refractivity contribution in [1.29, 1.82) is 10.7 Å². The van der Waals surface area contributed by atoms with E-state index in [2.05, 4.69) is 19.0 Å². The molecule has 1 aliphatic heterocycles. The highest BCUT2D eigenvalue weighted by Crippen LogP contribution is 2.16. The van der Waals surface area contributed by atoms with Crippen LogP contribution >= 0.6 is 0 Å². The number of nitrogens with one attached hydrogen (secondary N) is 1. The maximum Gasteiger partial charge on any atom is 0.216 e. The third-order valence-corrected chi connectivity index (χ3v) is 2.80. The van der Waals surface area contributed by atoms with Crippen molar-refractivity contribution in [3.63, 3.8) is 0 Å². The van der Waals surface area contributed by atoms with Gasteiger partial charge in [0.05, 0.1) is 26.7 Å². The summed E-state index contributed by atoms with van der Waals surface area (Å²) in [7, 11) is 2.41. The summed E-state index contributed by atoms with van der Waals surface area (Å²) >= 11 is 0. The van der Waals surface area contributed by atoms with E-state index in [0.717, 1.165) is 0 Å². The van der Waals surface area contributed by atoms with Gasteiger partial charge in [-0.05, 0) is 6.42 Å². The summed E-state index contributed by atoms with van der Waals surface area (Å²) in [4.78, 5) is 2.69. The zero-order valence-electron chi connectivity index (χ0n) is 9.79. The largest absolute Gasteiger partial charge is 0.326 e. The number of rotatable bonds is 3. The smallest absolute Gasteiger partial charge is 0.216 e. The van der Waals surface area contributed by atoms with Crippen molar-refractivity contribution in [3.8, 4) is 6.19 Å². The van der Waals surface area contributed by atoms with Crippen molar-refractivity contribution in [3.05, 3.63) is 0 Å². The van der Waals surface area contributed by atoms with Crippen LogP contribution in [0.2, 0.25) is 0 Å². The molecule has 1 fully saturated rings. The van der Waals surface area contributed by atoms with Gasteiger partial charge in [-0.3, -0.25) is 0 Å². The topological polar surface area (TPSA) is 60.0 Å². The van der Waals surface area contributed by atoms with Crippen LogP contribution in [0.5, 0.6) is 0 Å². The van der Waals surface area contributed by atoms with Crippen LogP contribution in [0.25, 0.3) is 0 Å². The van der Waals surface area contributed by atoms with Crippen molar-refractivity contribution in [2.75, 3.05) is 26.7 Å². The van der Waals surface area contributed by atoms with Crippen molar-refractivity contribution in [2.45, 2.75) is 32.6 Å². The standard InChI is InChI=1S/C9H20N.C2HN3/c1-3-4-7-10(2)8-5-6-9-10;3-1-5-2-4/h3-9H2,1-2H3;3H/q+1;. The Morgan fingerprint density at radius 1 is 1.40 bits per heavy atom. The minimum absolute atomic E-state index is 1.34. The molecule has 1 heterocycles. The number of aliphatic imine (C=N–C) groups is 1. The van der Waals surface area contributed by atoms with E-state index in [-0.39, 0.29) is 0 Å². The van der Waals surface area contributed by atoms with Gasteiger partial charge in [0, 0.05) is 12.8 Å². The molecule has 1 N–H and O–H groups in total. The minimum Gasteiger partial charge on any atom is -0.326 e. The summed E-state index contributed by atoms with van der Waals surface area (Å²) in [6, 6.07) is 1.53. The molecule has 0 aromatic heterocycles. The first kappa shape index (κ1) is 13.8. The van der Waals surface area contributed by atoms with Crippen LogP contribution in [0.15, 0.2) is 4.99 Å². The Kier molecular flexibility index (Phi) is 7.53. The summed E-state index contributed by atoms with van der Waals surface area (Å²) in [5.41, 5.74) is 0. The van der Waals surface area contributed by atoms with Gasteiger partial charge in [0.25, 0.3) is 0 Å². The first-order valence-corrected chi connectivity index (χ1v) is 5.52. The summed E-state index contributed by atoms with van der Waals surface area (Å²) in [6.45, 7) is 6.55. The SMILES string of the molecule is CCCC[N+]1(C)CCCC1.N#CN=C=N. The molecule has 0 atom stereocenters. The number of quaternary nitrogens is 1. The van der Waals surface area contributed by atoms with E-state index in [1.165, 1.54) is 62.0 Å². The third-order valence-electron chi connectivity index (χ3n) is 2.80. The van der Waals surface area contributed by atoms with Gasteiger partial charge in [-0.25, -0.2) is 5.41 Å². The number of nitriles is 1. The lowest BCUT2D eigenvalue weighted by molar-refractivity contribution is -0.897. The molecule has 0 unspecified atom stereocenters. The Balaban J connectivity index is 0.000000336. The van der Waals surface area contributed by atoms with E-state index in [0.29, 0.717) is 0 Å². The van der Waals surface area contributed by atoms with Crippen molar-refractivity contribution in [2.24, 2.45) is 4.99 Å². The van der Waals surface area contributed by atoms with Gasteiger partial charge >= 0.3 is 0 Å². The number of hydrogen-bond donors (Lipinski definition) is 1. The normalized spacial score (nSPS) is 16.9. The van der Waals surface area contributed by atoms with E-state index in [1.54, 1.807) is 0 Å². The van der Waals surface area contributed by atoms with Gasteiger partial charge in [-0.2, -0.15) is 5.26 Å². The molecule has 15 heavy (non-hydrogen) atoms. The Morgan fingerprint density at radius 2 is 2.00 bits per heavy atom. The van der Waals surface area contributed by atoms with E-state index >= 15 is 0 Å².